The highest BCUT2D eigenvalue weighted by Crippen LogP contribution is 2.20. The van der Waals surface area contributed by atoms with Gasteiger partial charge in [0.1, 0.15) is 12.3 Å². The first-order valence-electron chi connectivity index (χ1n) is 11.4. The second-order valence-corrected chi connectivity index (χ2v) is 8.76. The van der Waals surface area contributed by atoms with E-state index in [0.29, 0.717) is 24.8 Å². The van der Waals surface area contributed by atoms with E-state index < -0.39 is 18.0 Å². The summed E-state index contributed by atoms with van der Waals surface area (Å²) in [6.45, 7) is 4.29. The third kappa shape index (κ3) is 6.51. The monoisotopic (exact) mass is 449 g/mol. The Morgan fingerprint density at radius 2 is 1.70 bits per heavy atom. The van der Waals surface area contributed by atoms with E-state index in [2.05, 4.69) is 16.0 Å². The standard InChI is InChI=1S/C26H31N3O4/c1-17(2)23(26(33)28-22(16-30)15-21-9-6-14-27-24(21)31)29-25(32)20-12-10-19(11-13-20)18-7-4-3-5-8-18/h3-5,7-8,10-13,16-17,21-23H,6,9,14-15H2,1-2H3,(H,27,31)(H,28,33)(H,29,32). The molecule has 1 fully saturated rings. The van der Waals surface area contributed by atoms with Crippen LogP contribution < -0.4 is 16.0 Å². The molecular formula is C26H31N3O4. The molecule has 3 unspecified atom stereocenters. The van der Waals surface area contributed by atoms with Crippen LogP contribution in [0.1, 0.15) is 43.5 Å². The molecule has 0 bridgehead atoms. The van der Waals surface area contributed by atoms with Crippen molar-refractivity contribution in [3.05, 3.63) is 60.2 Å². The maximum atomic E-state index is 12.9. The van der Waals surface area contributed by atoms with Crippen molar-refractivity contribution in [3.63, 3.8) is 0 Å². The summed E-state index contributed by atoms with van der Waals surface area (Å²) in [6.07, 6.45) is 2.45. The lowest BCUT2D eigenvalue weighted by Gasteiger charge is -2.27. The summed E-state index contributed by atoms with van der Waals surface area (Å²) >= 11 is 0. The van der Waals surface area contributed by atoms with Crippen molar-refractivity contribution in [3.8, 4) is 11.1 Å². The molecule has 33 heavy (non-hydrogen) atoms. The molecule has 1 saturated heterocycles. The Hall–Kier alpha value is -3.48. The molecule has 1 aliphatic rings. The Kier molecular flexibility index (Phi) is 8.35. The lowest BCUT2D eigenvalue weighted by molar-refractivity contribution is -0.129. The summed E-state index contributed by atoms with van der Waals surface area (Å²) in [6, 6.07) is 15.4. The van der Waals surface area contributed by atoms with Crippen LogP contribution in [0.5, 0.6) is 0 Å². The van der Waals surface area contributed by atoms with Crippen molar-refractivity contribution in [2.45, 2.75) is 45.2 Å². The Morgan fingerprint density at radius 3 is 2.30 bits per heavy atom. The minimum absolute atomic E-state index is 0.0880. The van der Waals surface area contributed by atoms with E-state index in [1.807, 2.05) is 56.3 Å². The van der Waals surface area contributed by atoms with Crippen LogP contribution in [0.3, 0.4) is 0 Å². The number of nitrogens with one attached hydrogen (secondary N) is 3. The van der Waals surface area contributed by atoms with Crippen LogP contribution in [-0.2, 0) is 14.4 Å². The van der Waals surface area contributed by atoms with E-state index in [4.69, 9.17) is 0 Å². The molecule has 3 amide bonds. The van der Waals surface area contributed by atoms with Crippen molar-refractivity contribution < 1.29 is 19.2 Å². The fraction of sp³-hybridized carbons (Fsp3) is 0.385. The van der Waals surface area contributed by atoms with Gasteiger partial charge >= 0.3 is 0 Å². The van der Waals surface area contributed by atoms with Gasteiger partial charge in [-0.15, -0.1) is 0 Å². The molecule has 0 aliphatic carbocycles. The number of hydrogen-bond donors (Lipinski definition) is 3. The highest BCUT2D eigenvalue weighted by Gasteiger charge is 2.30. The van der Waals surface area contributed by atoms with E-state index in [1.54, 1.807) is 12.1 Å². The number of hydrogen-bond acceptors (Lipinski definition) is 4. The molecule has 2 aromatic rings. The molecule has 0 radical (unpaired) electrons. The zero-order valence-electron chi connectivity index (χ0n) is 19.0. The molecule has 0 saturated carbocycles. The predicted molar refractivity (Wildman–Crippen MR) is 126 cm³/mol. The summed E-state index contributed by atoms with van der Waals surface area (Å²) in [5, 5.41) is 8.28. The lowest BCUT2D eigenvalue weighted by Crippen LogP contribution is -2.53. The molecule has 0 spiro atoms. The smallest absolute Gasteiger partial charge is 0.251 e. The maximum Gasteiger partial charge on any atom is 0.251 e. The lowest BCUT2D eigenvalue weighted by atomic mass is 9.91. The van der Waals surface area contributed by atoms with Gasteiger partial charge < -0.3 is 20.7 Å². The fourth-order valence-electron chi connectivity index (χ4n) is 3.99. The summed E-state index contributed by atoms with van der Waals surface area (Å²) in [7, 11) is 0. The third-order valence-corrected chi connectivity index (χ3v) is 5.92. The normalized spacial score (nSPS) is 17.5. The zero-order valence-corrected chi connectivity index (χ0v) is 19.0. The van der Waals surface area contributed by atoms with Gasteiger partial charge in [-0.05, 0) is 48.4 Å². The zero-order chi connectivity index (χ0) is 23.8. The molecular weight excluding hydrogens is 418 g/mol. The minimum Gasteiger partial charge on any atom is -0.356 e. The van der Waals surface area contributed by atoms with Crippen LogP contribution in [0.15, 0.2) is 54.6 Å². The number of carbonyl (C=O) groups is 4. The first kappa shape index (κ1) is 24.2. The Labute approximate surface area is 194 Å². The largest absolute Gasteiger partial charge is 0.356 e. The van der Waals surface area contributed by atoms with Crippen LogP contribution in [0.4, 0.5) is 0 Å². The highest BCUT2D eigenvalue weighted by atomic mass is 16.2. The summed E-state index contributed by atoms with van der Waals surface area (Å²) < 4.78 is 0. The SMILES string of the molecule is CC(C)C(NC(=O)c1ccc(-c2ccccc2)cc1)C(=O)NC(C=O)CC1CCCNC1=O. The molecule has 7 heteroatoms. The van der Waals surface area contributed by atoms with Crippen LogP contribution in [-0.4, -0.2) is 42.6 Å². The van der Waals surface area contributed by atoms with Crippen molar-refractivity contribution in [2.75, 3.05) is 6.54 Å². The summed E-state index contributed by atoms with van der Waals surface area (Å²) in [4.78, 5) is 49.3. The fourth-order valence-corrected chi connectivity index (χ4v) is 3.99. The van der Waals surface area contributed by atoms with Gasteiger partial charge in [0.25, 0.3) is 5.91 Å². The van der Waals surface area contributed by atoms with Gasteiger partial charge in [-0.25, -0.2) is 0 Å². The van der Waals surface area contributed by atoms with Crippen LogP contribution in [0.2, 0.25) is 0 Å². The molecule has 174 valence electrons. The van der Waals surface area contributed by atoms with Crippen molar-refractivity contribution >= 4 is 24.0 Å². The van der Waals surface area contributed by atoms with Gasteiger partial charge in [0.05, 0.1) is 6.04 Å². The van der Waals surface area contributed by atoms with Crippen LogP contribution in [0.25, 0.3) is 11.1 Å². The van der Waals surface area contributed by atoms with E-state index in [1.165, 1.54) is 0 Å². The molecule has 1 heterocycles. The first-order valence-corrected chi connectivity index (χ1v) is 11.4. The highest BCUT2D eigenvalue weighted by molar-refractivity contribution is 5.98. The number of amides is 3. The number of aldehydes is 1. The third-order valence-electron chi connectivity index (χ3n) is 5.92. The van der Waals surface area contributed by atoms with Gasteiger partial charge in [-0.2, -0.15) is 0 Å². The average Bonchev–Trinajstić information content (AvgIpc) is 2.83. The van der Waals surface area contributed by atoms with Crippen LogP contribution in [0, 0.1) is 11.8 Å². The van der Waals surface area contributed by atoms with Crippen molar-refractivity contribution in [1.82, 2.24) is 16.0 Å². The molecule has 0 aromatic heterocycles. The molecule has 3 N–H and O–H groups in total. The number of benzene rings is 2. The van der Waals surface area contributed by atoms with E-state index in [0.717, 1.165) is 17.5 Å². The Balaban J connectivity index is 1.62. The van der Waals surface area contributed by atoms with Crippen molar-refractivity contribution in [2.24, 2.45) is 11.8 Å². The second-order valence-electron chi connectivity index (χ2n) is 8.76. The maximum absolute atomic E-state index is 12.9. The Morgan fingerprint density at radius 1 is 1.03 bits per heavy atom. The van der Waals surface area contributed by atoms with Gasteiger partial charge in [0.15, 0.2) is 0 Å². The topological polar surface area (TPSA) is 104 Å². The van der Waals surface area contributed by atoms with Crippen molar-refractivity contribution in [1.29, 1.82) is 0 Å². The molecule has 2 aromatic carbocycles. The molecule has 7 nitrogen and oxygen atoms in total. The van der Waals surface area contributed by atoms with E-state index in [-0.39, 0.29) is 30.1 Å². The summed E-state index contributed by atoms with van der Waals surface area (Å²) in [5.74, 6) is -1.38. The average molecular weight is 450 g/mol. The molecule has 3 rings (SSSR count). The second kappa shape index (κ2) is 11.4. The van der Waals surface area contributed by atoms with Crippen LogP contribution >= 0.6 is 0 Å². The number of carbonyl (C=O) groups excluding carboxylic acids is 4. The van der Waals surface area contributed by atoms with Gasteiger partial charge in [-0.3, -0.25) is 14.4 Å². The number of rotatable bonds is 9. The van der Waals surface area contributed by atoms with Gasteiger partial charge in [-0.1, -0.05) is 56.3 Å². The quantitative estimate of drug-likeness (QED) is 0.512. The van der Waals surface area contributed by atoms with E-state index in [9.17, 15) is 19.2 Å². The minimum atomic E-state index is -0.811. The first-order chi connectivity index (χ1) is 15.9. The van der Waals surface area contributed by atoms with Gasteiger partial charge in [0, 0.05) is 18.0 Å². The molecule has 3 atom stereocenters. The molecule has 1 aliphatic heterocycles. The van der Waals surface area contributed by atoms with Gasteiger partial charge in [0.2, 0.25) is 11.8 Å². The summed E-state index contributed by atoms with van der Waals surface area (Å²) in [5.41, 5.74) is 2.49. The Bertz CT molecular complexity index is 973. The predicted octanol–water partition coefficient (Wildman–Crippen LogP) is 2.71. The number of piperidine rings is 1. The van der Waals surface area contributed by atoms with E-state index >= 15 is 0 Å².